The molecule has 0 aliphatic heterocycles. The Morgan fingerprint density at radius 3 is 2.30 bits per heavy atom. The zero-order valence-corrected chi connectivity index (χ0v) is 11.9. The first-order valence-corrected chi connectivity index (χ1v) is 7.43. The Kier molecular flexibility index (Phi) is 4.96. The van der Waals surface area contributed by atoms with Crippen LogP contribution in [0.1, 0.15) is 19.4 Å². The van der Waals surface area contributed by atoms with Gasteiger partial charge in [0, 0.05) is 0 Å². The van der Waals surface area contributed by atoms with Crippen molar-refractivity contribution in [2.75, 3.05) is 0 Å². The van der Waals surface area contributed by atoms with Crippen molar-refractivity contribution in [3.05, 3.63) is 23.8 Å². The van der Waals surface area contributed by atoms with Crippen LogP contribution in [0.25, 0.3) is 0 Å². The molecule has 0 saturated carbocycles. The molecule has 0 bridgehead atoms. The van der Waals surface area contributed by atoms with Crippen LogP contribution in [0.4, 0.5) is 0 Å². The van der Waals surface area contributed by atoms with Gasteiger partial charge in [0.2, 0.25) is 10.0 Å². The van der Waals surface area contributed by atoms with Gasteiger partial charge in [0.05, 0.1) is 5.25 Å². The fourth-order valence-electron chi connectivity index (χ4n) is 1.45. The van der Waals surface area contributed by atoms with Crippen molar-refractivity contribution < 1.29 is 28.5 Å². The summed E-state index contributed by atoms with van der Waals surface area (Å²) in [6, 6.07) is 2.47. The molecule has 8 heteroatoms. The lowest BCUT2D eigenvalue weighted by molar-refractivity contribution is -0.138. The Bertz CT molecular complexity index is 596. The van der Waals surface area contributed by atoms with Crippen LogP contribution in [-0.2, 0) is 21.2 Å². The summed E-state index contributed by atoms with van der Waals surface area (Å²) in [5.74, 6) is -2.04. The molecule has 0 radical (unpaired) electrons. The van der Waals surface area contributed by atoms with E-state index < -0.39 is 33.0 Å². The Balaban J connectivity index is 2.93. The van der Waals surface area contributed by atoms with Gasteiger partial charge in [-0.2, -0.15) is 0 Å². The molecule has 0 saturated heterocycles. The second-order valence-electron chi connectivity index (χ2n) is 4.63. The zero-order chi connectivity index (χ0) is 15.5. The van der Waals surface area contributed by atoms with Crippen molar-refractivity contribution in [2.24, 2.45) is 0 Å². The normalized spacial score (nSPS) is 13.3. The molecule has 112 valence electrons. The van der Waals surface area contributed by atoms with Crippen molar-refractivity contribution in [1.82, 2.24) is 4.72 Å². The quantitative estimate of drug-likeness (QED) is 0.565. The summed E-state index contributed by atoms with van der Waals surface area (Å²) in [5.41, 5.74) is 0.388. The molecule has 0 heterocycles. The molecule has 0 spiro atoms. The smallest absolute Gasteiger partial charge is 0.322 e. The Morgan fingerprint density at radius 1 is 1.25 bits per heavy atom. The second kappa shape index (κ2) is 6.10. The molecule has 7 nitrogen and oxygen atoms in total. The first kappa shape index (κ1) is 16.3. The third-order valence-corrected chi connectivity index (χ3v) is 4.56. The van der Waals surface area contributed by atoms with E-state index in [1.54, 1.807) is 0 Å². The molecule has 1 aromatic carbocycles. The van der Waals surface area contributed by atoms with E-state index in [2.05, 4.69) is 4.72 Å². The summed E-state index contributed by atoms with van der Waals surface area (Å²) >= 11 is 0. The maximum atomic E-state index is 11.7. The Labute approximate surface area is 116 Å². The average molecular weight is 303 g/mol. The van der Waals surface area contributed by atoms with E-state index in [4.69, 9.17) is 10.2 Å². The fraction of sp³-hybridized carbons (Fsp3) is 0.417. The van der Waals surface area contributed by atoms with Gasteiger partial charge in [0.1, 0.15) is 6.04 Å². The maximum Gasteiger partial charge on any atom is 0.322 e. The molecule has 0 unspecified atom stereocenters. The molecule has 0 aliphatic rings. The number of aliphatic carboxylic acids is 1. The Hall–Kier alpha value is -1.80. The van der Waals surface area contributed by atoms with E-state index in [9.17, 15) is 18.3 Å². The van der Waals surface area contributed by atoms with E-state index in [-0.39, 0.29) is 12.2 Å². The van der Waals surface area contributed by atoms with Gasteiger partial charge in [0.25, 0.3) is 0 Å². The van der Waals surface area contributed by atoms with E-state index >= 15 is 0 Å². The van der Waals surface area contributed by atoms with Crippen molar-refractivity contribution in [2.45, 2.75) is 31.6 Å². The number of carbonyl (C=O) groups is 1. The van der Waals surface area contributed by atoms with Gasteiger partial charge >= 0.3 is 5.97 Å². The molecule has 20 heavy (non-hydrogen) atoms. The molecule has 4 N–H and O–H groups in total. The topological polar surface area (TPSA) is 124 Å². The summed E-state index contributed by atoms with van der Waals surface area (Å²) in [6.07, 6.45) is -0.144. The van der Waals surface area contributed by atoms with Crippen LogP contribution >= 0.6 is 0 Å². The predicted octanol–water partition coefficient (Wildman–Crippen LogP) is 0.421. The fourth-order valence-corrected chi connectivity index (χ4v) is 2.30. The number of carboxylic acids is 1. The summed E-state index contributed by atoms with van der Waals surface area (Å²) in [6.45, 7) is 2.88. The maximum absolute atomic E-state index is 11.7. The van der Waals surface area contributed by atoms with Crippen LogP contribution in [0.15, 0.2) is 18.2 Å². The van der Waals surface area contributed by atoms with Crippen molar-refractivity contribution >= 4 is 16.0 Å². The highest BCUT2D eigenvalue weighted by Crippen LogP contribution is 2.25. The van der Waals surface area contributed by atoms with E-state index in [0.717, 1.165) is 0 Å². The number of phenolic OH excluding ortho intramolecular Hbond substituents is 2. The van der Waals surface area contributed by atoms with Gasteiger partial charge in [-0.25, -0.2) is 13.1 Å². The largest absolute Gasteiger partial charge is 0.504 e. The van der Waals surface area contributed by atoms with Gasteiger partial charge in [-0.1, -0.05) is 6.07 Å². The number of phenols is 2. The lowest BCUT2D eigenvalue weighted by atomic mass is 10.1. The van der Waals surface area contributed by atoms with Gasteiger partial charge in [-0.3, -0.25) is 4.79 Å². The highest BCUT2D eigenvalue weighted by molar-refractivity contribution is 7.90. The lowest BCUT2D eigenvalue weighted by Crippen LogP contribution is -2.44. The third-order valence-electron chi connectivity index (χ3n) is 2.70. The van der Waals surface area contributed by atoms with Crippen LogP contribution in [-0.4, -0.2) is 41.0 Å². The Morgan fingerprint density at radius 2 is 1.85 bits per heavy atom. The number of nitrogens with one attached hydrogen (secondary N) is 1. The second-order valence-corrected chi connectivity index (χ2v) is 6.90. The SMILES string of the molecule is CC(C)S(=O)(=O)N[C@@H](Cc1ccc(O)c(O)c1)C(=O)O. The number of carboxylic acid groups (broad SMARTS) is 1. The molecule has 0 aromatic heterocycles. The van der Waals surface area contributed by atoms with E-state index in [1.807, 2.05) is 0 Å². The van der Waals surface area contributed by atoms with Gasteiger partial charge in [-0.15, -0.1) is 0 Å². The van der Waals surface area contributed by atoms with Crippen molar-refractivity contribution in [1.29, 1.82) is 0 Å². The zero-order valence-electron chi connectivity index (χ0n) is 11.1. The number of hydrogen-bond donors (Lipinski definition) is 4. The van der Waals surface area contributed by atoms with E-state index in [1.165, 1.54) is 32.0 Å². The van der Waals surface area contributed by atoms with Gasteiger partial charge in [0.15, 0.2) is 11.5 Å². The standard InChI is InChI=1S/C12H17NO6S/c1-7(2)20(18,19)13-9(12(16)17)5-8-3-4-10(14)11(15)6-8/h3-4,6-7,9,13-15H,5H2,1-2H3,(H,16,17)/t9-/m0/s1. The number of rotatable bonds is 6. The predicted molar refractivity (Wildman–Crippen MR) is 72.1 cm³/mol. The van der Waals surface area contributed by atoms with Gasteiger partial charge < -0.3 is 15.3 Å². The number of aromatic hydroxyl groups is 2. The average Bonchev–Trinajstić information content (AvgIpc) is 2.32. The van der Waals surface area contributed by atoms with Crippen LogP contribution in [0, 0.1) is 0 Å². The summed E-state index contributed by atoms with van der Waals surface area (Å²) in [5, 5.41) is 26.8. The monoisotopic (exact) mass is 303 g/mol. The number of benzene rings is 1. The number of hydrogen-bond acceptors (Lipinski definition) is 5. The highest BCUT2D eigenvalue weighted by atomic mass is 32.2. The van der Waals surface area contributed by atoms with Crippen LogP contribution in [0.2, 0.25) is 0 Å². The molecule has 0 amide bonds. The molecule has 0 aliphatic carbocycles. The number of sulfonamides is 1. The molecule has 1 atom stereocenters. The summed E-state index contributed by atoms with van der Waals surface area (Å²) in [7, 11) is -3.72. The first-order valence-electron chi connectivity index (χ1n) is 5.88. The summed E-state index contributed by atoms with van der Waals surface area (Å²) in [4.78, 5) is 11.1. The van der Waals surface area contributed by atoms with Crippen LogP contribution in [0.3, 0.4) is 0 Å². The molecular formula is C12H17NO6S. The van der Waals surface area contributed by atoms with Crippen molar-refractivity contribution in [3.8, 4) is 11.5 Å². The van der Waals surface area contributed by atoms with Crippen LogP contribution in [0.5, 0.6) is 11.5 Å². The molecule has 0 fully saturated rings. The minimum Gasteiger partial charge on any atom is -0.504 e. The van der Waals surface area contributed by atoms with E-state index in [0.29, 0.717) is 5.56 Å². The minimum absolute atomic E-state index is 0.144. The molecule has 1 aromatic rings. The first-order chi connectivity index (χ1) is 9.13. The minimum atomic E-state index is -3.72. The van der Waals surface area contributed by atoms with Crippen molar-refractivity contribution in [3.63, 3.8) is 0 Å². The summed E-state index contributed by atoms with van der Waals surface area (Å²) < 4.78 is 25.5. The highest BCUT2D eigenvalue weighted by Gasteiger charge is 2.26. The van der Waals surface area contributed by atoms with Crippen LogP contribution < -0.4 is 4.72 Å². The lowest BCUT2D eigenvalue weighted by Gasteiger charge is -2.17. The van der Waals surface area contributed by atoms with Gasteiger partial charge in [-0.05, 0) is 38.0 Å². The molecule has 1 rings (SSSR count). The third kappa shape index (κ3) is 4.10. The molecular weight excluding hydrogens is 286 g/mol.